The molecule has 6 heteroatoms. The van der Waals surface area contributed by atoms with Crippen molar-refractivity contribution in [3.8, 4) is 0 Å². The Kier molecular flexibility index (Phi) is 5.37. The fourth-order valence-electron chi connectivity index (χ4n) is 1.64. The van der Waals surface area contributed by atoms with E-state index < -0.39 is 17.6 Å². The Bertz CT molecular complexity index is 670. The summed E-state index contributed by atoms with van der Waals surface area (Å²) in [5.41, 5.74) is 3.50. The lowest BCUT2D eigenvalue weighted by Crippen LogP contribution is -2.32. The summed E-state index contributed by atoms with van der Waals surface area (Å²) < 4.78 is 12.7. The normalized spacial score (nSPS) is 10.4. The van der Waals surface area contributed by atoms with Crippen molar-refractivity contribution in [2.75, 3.05) is 5.32 Å². The van der Waals surface area contributed by atoms with E-state index in [1.54, 1.807) is 0 Å². The number of carbonyl (C=O) groups excluding carboxylic acids is 2. The maximum atomic E-state index is 12.7. The summed E-state index contributed by atoms with van der Waals surface area (Å²) in [4.78, 5) is 23.1. The van der Waals surface area contributed by atoms with Crippen LogP contribution in [0.1, 0.15) is 5.56 Å². The Morgan fingerprint density at radius 1 is 1.00 bits per heavy atom. The first-order chi connectivity index (χ1) is 10.6. The molecule has 0 saturated carbocycles. The summed E-state index contributed by atoms with van der Waals surface area (Å²) in [6.07, 6.45) is 2.04. The van der Waals surface area contributed by atoms with Gasteiger partial charge in [-0.2, -0.15) is 5.10 Å². The van der Waals surface area contributed by atoms with Crippen LogP contribution in [0.3, 0.4) is 0 Å². The van der Waals surface area contributed by atoms with Crippen molar-refractivity contribution >= 4 is 23.7 Å². The van der Waals surface area contributed by atoms with E-state index in [0.29, 0.717) is 12.1 Å². The van der Waals surface area contributed by atoms with Gasteiger partial charge in [-0.3, -0.25) is 9.59 Å². The smallest absolute Gasteiger partial charge is 0.318 e. The topological polar surface area (TPSA) is 70.6 Å². The number of hydrogen-bond donors (Lipinski definition) is 2. The molecular formula is C16H14FN3O2. The third-order valence-electron chi connectivity index (χ3n) is 2.74. The van der Waals surface area contributed by atoms with Crippen LogP contribution in [0.2, 0.25) is 0 Å². The third kappa shape index (κ3) is 4.82. The van der Waals surface area contributed by atoms with E-state index in [9.17, 15) is 14.0 Å². The second-order valence-electron chi connectivity index (χ2n) is 4.40. The lowest BCUT2D eigenvalue weighted by Gasteiger charge is -2.03. The summed E-state index contributed by atoms with van der Waals surface area (Å²) in [5.74, 6) is -2.19. The summed E-state index contributed by atoms with van der Waals surface area (Å²) in [5, 5.41) is 6.03. The molecule has 0 saturated heterocycles. The van der Waals surface area contributed by atoms with Crippen LogP contribution in [0.15, 0.2) is 59.7 Å². The molecule has 0 aliphatic heterocycles. The Morgan fingerprint density at radius 3 is 2.36 bits per heavy atom. The highest BCUT2D eigenvalue weighted by Gasteiger charge is 2.12. The molecule has 0 aliphatic rings. The van der Waals surface area contributed by atoms with Crippen LogP contribution >= 0.6 is 0 Å². The van der Waals surface area contributed by atoms with Gasteiger partial charge in [-0.15, -0.1) is 0 Å². The average molecular weight is 299 g/mol. The summed E-state index contributed by atoms with van der Waals surface area (Å²) in [6, 6.07) is 14.7. The van der Waals surface area contributed by atoms with Gasteiger partial charge in [-0.1, -0.05) is 30.3 Å². The monoisotopic (exact) mass is 299 g/mol. The second-order valence-corrected chi connectivity index (χ2v) is 4.40. The van der Waals surface area contributed by atoms with Crippen LogP contribution in [0, 0.1) is 5.82 Å². The number of rotatable bonds is 4. The second kappa shape index (κ2) is 7.68. The Labute approximate surface area is 126 Å². The Balaban J connectivity index is 1.79. The highest BCUT2D eigenvalue weighted by Crippen LogP contribution is 2.07. The standard InChI is InChI=1S/C16H14FN3O2/c17-13-6-8-14(9-7-13)19-15(21)16(22)20-18-11-10-12-4-2-1-3-5-12/h1-9,11H,10H2,(H,19,21)(H,20,22)/b18-11+. The molecule has 22 heavy (non-hydrogen) atoms. The van der Waals surface area contributed by atoms with Gasteiger partial charge in [0.05, 0.1) is 0 Å². The number of benzene rings is 2. The summed E-state index contributed by atoms with van der Waals surface area (Å²) in [6.45, 7) is 0. The van der Waals surface area contributed by atoms with Crippen LogP contribution in [0.4, 0.5) is 10.1 Å². The van der Waals surface area contributed by atoms with E-state index in [0.717, 1.165) is 5.56 Å². The largest absolute Gasteiger partial charge is 0.329 e. The molecule has 5 nitrogen and oxygen atoms in total. The van der Waals surface area contributed by atoms with Crippen molar-refractivity contribution in [1.82, 2.24) is 5.43 Å². The van der Waals surface area contributed by atoms with Crippen molar-refractivity contribution in [3.63, 3.8) is 0 Å². The van der Waals surface area contributed by atoms with Gasteiger partial charge in [0.15, 0.2) is 0 Å². The fraction of sp³-hybridized carbons (Fsp3) is 0.0625. The van der Waals surface area contributed by atoms with Gasteiger partial charge >= 0.3 is 11.8 Å². The van der Waals surface area contributed by atoms with Crippen molar-refractivity contribution in [1.29, 1.82) is 0 Å². The zero-order chi connectivity index (χ0) is 15.8. The van der Waals surface area contributed by atoms with Gasteiger partial charge in [0.1, 0.15) is 5.82 Å². The van der Waals surface area contributed by atoms with E-state index in [-0.39, 0.29) is 0 Å². The number of hydrazone groups is 1. The molecule has 0 aliphatic carbocycles. The number of halogens is 1. The zero-order valence-corrected chi connectivity index (χ0v) is 11.6. The number of amides is 2. The molecule has 2 aromatic rings. The van der Waals surface area contributed by atoms with Gasteiger partial charge < -0.3 is 5.32 Å². The van der Waals surface area contributed by atoms with Gasteiger partial charge in [-0.25, -0.2) is 9.82 Å². The lowest BCUT2D eigenvalue weighted by molar-refractivity contribution is -0.136. The maximum absolute atomic E-state index is 12.7. The van der Waals surface area contributed by atoms with Crippen LogP contribution in [-0.4, -0.2) is 18.0 Å². The van der Waals surface area contributed by atoms with Crippen LogP contribution in [-0.2, 0) is 16.0 Å². The zero-order valence-electron chi connectivity index (χ0n) is 11.6. The molecule has 0 aromatic heterocycles. The molecule has 112 valence electrons. The minimum absolute atomic E-state index is 0.329. The van der Waals surface area contributed by atoms with Crippen LogP contribution in [0.5, 0.6) is 0 Å². The Hall–Kier alpha value is -3.02. The first kappa shape index (κ1) is 15.4. The number of nitrogens with zero attached hydrogens (tertiary/aromatic N) is 1. The summed E-state index contributed by atoms with van der Waals surface area (Å²) in [7, 11) is 0. The first-order valence-electron chi connectivity index (χ1n) is 6.57. The average Bonchev–Trinajstić information content (AvgIpc) is 2.54. The molecule has 2 aromatic carbocycles. The molecule has 0 unspecified atom stereocenters. The molecule has 0 heterocycles. The maximum Gasteiger partial charge on any atom is 0.329 e. The van der Waals surface area contributed by atoms with E-state index in [4.69, 9.17) is 0 Å². The molecule has 0 spiro atoms. The molecular weight excluding hydrogens is 285 g/mol. The van der Waals surface area contributed by atoms with Crippen molar-refractivity contribution in [2.45, 2.75) is 6.42 Å². The quantitative estimate of drug-likeness (QED) is 0.515. The Morgan fingerprint density at radius 2 is 1.68 bits per heavy atom. The minimum Gasteiger partial charge on any atom is -0.318 e. The highest BCUT2D eigenvalue weighted by molar-refractivity contribution is 6.39. The molecule has 0 radical (unpaired) electrons. The predicted molar refractivity (Wildman–Crippen MR) is 81.8 cm³/mol. The van der Waals surface area contributed by atoms with E-state index in [1.807, 2.05) is 30.3 Å². The fourth-order valence-corrected chi connectivity index (χ4v) is 1.64. The molecule has 2 amide bonds. The number of hydrogen-bond acceptors (Lipinski definition) is 3. The molecule has 0 bridgehead atoms. The van der Waals surface area contributed by atoms with Crippen LogP contribution < -0.4 is 10.7 Å². The van der Waals surface area contributed by atoms with Gasteiger partial charge in [0.2, 0.25) is 0 Å². The summed E-state index contributed by atoms with van der Waals surface area (Å²) >= 11 is 0. The number of carbonyl (C=O) groups is 2. The molecule has 0 fully saturated rings. The number of nitrogens with one attached hydrogen (secondary N) is 2. The van der Waals surface area contributed by atoms with Crippen LogP contribution in [0.25, 0.3) is 0 Å². The van der Waals surface area contributed by atoms with Crippen molar-refractivity contribution in [3.05, 3.63) is 66.0 Å². The van der Waals surface area contributed by atoms with Crippen molar-refractivity contribution < 1.29 is 14.0 Å². The highest BCUT2D eigenvalue weighted by atomic mass is 19.1. The molecule has 2 N–H and O–H groups in total. The van der Waals surface area contributed by atoms with Gasteiger partial charge in [0, 0.05) is 18.3 Å². The van der Waals surface area contributed by atoms with Crippen molar-refractivity contribution in [2.24, 2.45) is 5.10 Å². The first-order valence-corrected chi connectivity index (χ1v) is 6.57. The predicted octanol–water partition coefficient (Wildman–Crippen LogP) is 2.11. The molecule has 2 rings (SSSR count). The van der Waals surface area contributed by atoms with E-state index in [1.165, 1.54) is 30.5 Å². The third-order valence-corrected chi connectivity index (χ3v) is 2.74. The van der Waals surface area contributed by atoms with Gasteiger partial charge in [0.25, 0.3) is 0 Å². The lowest BCUT2D eigenvalue weighted by atomic mass is 10.2. The molecule has 0 atom stereocenters. The SMILES string of the molecule is O=C(N/N=C/Cc1ccccc1)C(=O)Nc1ccc(F)cc1. The minimum atomic E-state index is -0.895. The van der Waals surface area contributed by atoms with Gasteiger partial charge in [-0.05, 0) is 29.8 Å². The van der Waals surface area contributed by atoms with E-state index >= 15 is 0 Å². The number of anilines is 1. The van der Waals surface area contributed by atoms with E-state index in [2.05, 4.69) is 15.8 Å².